The second-order valence-electron chi connectivity index (χ2n) is 6.59. The fourth-order valence-corrected chi connectivity index (χ4v) is 2.63. The molecule has 12 nitrogen and oxygen atoms in total. The van der Waals surface area contributed by atoms with Gasteiger partial charge in [-0.05, 0) is 51.6 Å². The van der Waals surface area contributed by atoms with Crippen LogP contribution in [0.25, 0.3) is 0 Å². The van der Waals surface area contributed by atoms with Crippen molar-refractivity contribution in [2.75, 3.05) is 39.3 Å². The molecule has 6 N–H and O–H groups in total. The van der Waals surface area contributed by atoms with Gasteiger partial charge in [0.05, 0.1) is 23.6 Å². The van der Waals surface area contributed by atoms with Gasteiger partial charge >= 0.3 is 29.6 Å². The van der Waals surface area contributed by atoms with E-state index in [1.54, 1.807) is 5.01 Å². The molecule has 0 radical (unpaired) electrons. The molecule has 0 amide bonds. The van der Waals surface area contributed by atoms with Gasteiger partial charge in [-0.1, -0.05) is 7.43 Å². The number of hydrogen-bond donors (Lipinski definition) is 5. The predicted octanol–water partition coefficient (Wildman–Crippen LogP) is -2.94. The molecular weight excluding hydrogens is 395 g/mol. The molecule has 0 aromatic rings. The Morgan fingerprint density at radius 2 is 1.17 bits per heavy atom. The molecule has 3 fully saturated rings. The smallest absolute Gasteiger partial charge is 0.444 e. The van der Waals surface area contributed by atoms with Crippen LogP contribution < -0.4 is 40.7 Å². The second kappa shape index (κ2) is 22.2. The summed E-state index contributed by atoms with van der Waals surface area (Å²) < 4.78 is 0. The minimum absolute atomic E-state index is 0. The molecule has 0 bridgehead atoms. The van der Waals surface area contributed by atoms with Crippen molar-refractivity contribution in [1.82, 2.24) is 15.3 Å². The fourth-order valence-electron chi connectivity index (χ4n) is 2.63. The van der Waals surface area contributed by atoms with Crippen LogP contribution in [0.3, 0.4) is 0 Å². The quantitative estimate of drug-likeness (QED) is 0.124. The first-order chi connectivity index (χ1) is 12.9. The minimum Gasteiger partial charge on any atom is -0.444 e. The summed E-state index contributed by atoms with van der Waals surface area (Å²) in [4.78, 5) is 17.9. The Kier molecular flexibility index (Phi) is 25.5. The number of rotatable bonds is 1. The van der Waals surface area contributed by atoms with Crippen molar-refractivity contribution in [3.05, 3.63) is 15.0 Å². The number of aliphatic hydroxyl groups excluding tert-OH is 3. The molecule has 3 aliphatic rings. The van der Waals surface area contributed by atoms with E-state index < -0.39 is 0 Å². The van der Waals surface area contributed by atoms with Gasteiger partial charge < -0.3 is 30.8 Å². The van der Waals surface area contributed by atoms with Crippen LogP contribution in [-0.2, 0) is 0 Å². The molecule has 3 aliphatic heterocycles. The van der Waals surface area contributed by atoms with Gasteiger partial charge in [0.1, 0.15) is 0 Å². The SMILES string of the molecule is C.NN1CCC(O)CC1.O=NN1CCC(O)CC1.O=N[O-].OC1CCNCC1.[Na+]. The summed E-state index contributed by atoms with van der Waals surface area (Å²) >= 11 is 0. The van der Waals surface area contributed by atoms with Gasteiger partial charge in [-0.3, -0.25) is 10.9 Å². The van der Waals surface area contributed by atoms with Gasteiger partial charge in [0.2, 0.25) is 0 Å². The molecule has 168 valence electrons. The Morgan fingerprint density at radius 1 is 0.828 bits per heavy atom. The molecule has 3 rings (SSSR count). The van der Waals surface area contributed by atoms with E-state index in [0.29, 0.717) is 25.9 Å². The molecule has 0 unspecified atom stereocenters. The third-order valence-corrected chi connectivity index (χ3v) is 4.36. The van der Waals surface area contributed by atoms with Crippen molar-refractivity contribution in [2.24, 2.45) is 16.5 Å². The van der Waals surface area contributed by atoms with Gasteiger partial charge in [0, 0.05) is 26.2 Å². The first kappa shape index (κ1) is 33.2. The van der Waals surface area contributed by atoms with Crippen LogP contribution in [0.15, 0.2) is 10.6 Å². The predicted molar refractivity (Wildman–Crippen MR) is 108 cm³/mol. The van der Waals surface area contributed by atoms with Crippen molar-refractivity contribution in [1.29, 1.82) is 0 Å². The van der Waals surface area contributed by atoms with E-state index in [1.165, 1.54) is 5.01 Å². The summed E-state index contributed by atoms with van der Waals surface area (Å²) in [5.41, 5.74) is 0. The van der Waals surface area contributed by atoms with Crippen LogP contribution in [-0.4, -0.2) is 82.9 Å². The summed E-state index contributed by atoms with van der Waals surface area (Å²) in [6.45, 7) is 4.85. The molecule has 13 heteroatoms. The fraction of sp³-hybridized carbons (Fsp3) is 1.00. The molecule has 29 heavy (non-hydrogen) atoms. The van der Waals surface area contributed by atoms with E-state index in [-0.39, 0.29) is 55.3 Å². The third-order valence-electron chi connectivity index (χ3n) is 4.36. The molecule has 0 aromatic carbocycles. The number of nitrogens with zero attached hydrogens (tertiary/aromatic N) is 4. The Bertz CT molecular complexity index is 356. The first-order valence-corrected chi connectivity index (χ1v) is 9.20. The van der Waals surface area contributed by atoms with Gasteiger partial charge in [0.25, 0.3) is 0 Å². The molecule has 0 aliphatic carbocycles. The van der Waals surface area contributed by atoms with Crippen LogP contribution in [0.4, 0.5) is 0 Å². The average molecular weight is 432 g/mol. The zero-order valence-corrected chi connectivity index (χ0v) is 18.6. The van der Waals surface area contributed by atoms with E-state index in [1.807, 2.05) is 0 Å². The van der Waals surface area contributed by atoms with Crippen molar-refractivity contribution >= 4 is 0 Å². The summed E-state index contributed by atoms with van der Waals surface area (Å²) in [5.74, 6) is 5.42. The minimum atomic E-state index is -0.219. The van der Waals surface area contributed by atoms with Crippen molar-refractivity contribution in [3.63, 3.8) is 0 Å². The number of nitroso groups, excluding NO2 is 1. The average Bonchev–Trinajstić information content (AvgIpc) is 2.67. The zero-order valence-electron chi connectivity index (χ0n) is 16.6. The van der Waals surface area contributed by atoms with Gasteiger partial charge in [-0.2, -0.15) is 0 Å². The topological polar surface area (TPSA) is 187 Å². The van der Waals surface area contributed by atoms with E-state index in [0.717, 1.165) is 57.2 Å². The number of aliphatic hydroxyl groups is 3. The maximum absolute atomic E-state index is 9.86. The molecule has 0 saturated carbocycles. The van der Waals surface area contributed by atoms with Crippen LogP contribution in [0.2, 0.25) is 0 Å². The van der Waals surface area contributed by atoms with E-state index in [4.69, 9.17) is 31.3 Å². The second-order valence-corrected chi connectivity index (χ2v) is 6.59. The largest absolute Gasteiger partial charge is 1.00 e. The van der Waals surface area contributed by atoms with Crippen LogP contribution in [0.1, 0.15) is 46.0 Å². The number of nitrogens with two attached hydrogens (primary N) is 1. The first-order valence-electron chi connectivity index (χ1n) is 9.20. The summed E-state index contributed by atoms with van der Waals surface area (Å²) in [7, 11) is 0. The molecule has 0 atom stereocenters. The summed E-state index contributed by atoms with van der Waals surface area (Å²) in [6, 6.07) is 0. The zero-order chi connectivity index (χ0) is 20.5. The summed E-state index contributed by atoms with van der Waals surface area (Å²) in [5, 5.41) is 44.9. The molecule has 0 aromatic heterocycles. The third kappa shape index (κ3) is 20.6. The van der Waals surface area contributed by atoms with Crippen LogP contribution >= 0.6 is 0 Å². The molecular formula is C16H37N6NaO6. The maximum atomic E-state index is 9.86. The van der Waals surface area contributed by atoms with Crippen LogP contribution in [0, 0.1) is 15.0 Å². The Labute approximate surface area is 195 Å². The maximum Gasteiger partial charge on any atom is 1.00 e. The number of piperidine rings is 3. The molecule has 0 spiro atoms. The van der Waals surface area contributed by atoms with Gasteiger partial charge in [0.15, 0.2) is 0 Å². The number of hydrazine groups is 1. The Balaban J connectivity index is -0.000000319. The normalized spacial score (nSPS) is 20.6. The van der Waals surface area contributed by atoms with Gasteiger partial charge in [-0.25, -0.2) is 5.01 Å². The van der Waals surface area contributed by atoms with Gasteiger partial charge in [-0.15, -0.1) is 10.2 Å². The van der Waals surface area contributed by atoms with Crippen molar-refractivity contribution in [2.45, 2.75) is 64.3 Å². The van der Waals surface area contributed by atoms with E-state index in [2.05, 4.69) is 10.6 Å². The van der Waals surface area contributed by atoms with E-state index in [9.17, 15) is 4.91 Å². The van der Waals surface area contributed by atoms with Crippen LogP contribution in [0.5, 0.6) is 0 Å². The van der Waals surface area contributed by atoms with E-state index >= 15 is 0 Å². The van der Waals surface area contributed by atoms with Crippen molar-refractivity contribution in [3.8, 4) is 0 Å². The number of hydrogen-bond acceptors (Lipinski definition) is 11. The summed E-state index contributed by atoms with van der Waals surface area (Å²) in [6.07, 6.45) is 4.52. The monoisotopic (exact) mass is 432 g/mol. The molecule has 3 heterocycles. The van der Waals surface area contributed by atoms with Crippen molar-refractivity contribution < 1.29 is 44.9 Å². The number of nitrogens with one attached hydrogen (secondary N) is 1. The Hall–Kier alpha value is -0.440. The standard InChI is InChI=1S/C5H10N2O2.C5H12N2O.C5H11NO.CH4.HNO2.Na/c8-5-1-3-7(6-9)4-2-5;6-7-3-1-5(8)2-4-7;7-5-1-3-6-4-2-5;;2-1-3;/h5,8H,1-4H2;5,8H,1-4,6H2;5-7H,1-4H2;1H4;(H,2,3);/q;;;;;+1/p-1. The molecule has 3 saturated heterocycles. The Morgan fingerprint density at radius 3 is 1.45 bits per heavy atom.